The van der Waals surface area contributed by atoms with E-state index in [1.807, 2.05) is 0 Å². The van der Waals surface area contributed by atoms with Gasteiger partial charge in [-0.15, -0.1) is 6.58 Å². The van der Waals surface area contributed by atoms with Crippen LogP contribution >= 0.6 is 11.6 Å². The molecule has 0 saturated heterocycles. The first kappa shape index (κ1) is 14.9. The van der Waals surface area contributed by atoms with Crippen molar-refractivity contribution < 1.29 is 18.6 Å². The molecule has 1 rings (SSSR count). The standard InChI is InChI=1S/C13H15ClF2O2/c1-4-7-12(17,13(14,15)16)10-8-9(2)5-6-11(10)18-3/h4-6,8,17H,1,7H2,2-3H3. The number of rotatable bonds is 5. The Hall–Kier alpha value is -1.13. The molecule has 5 heteroatoms. The third-order valence-electron chi connectivity index (χ3n) is 2.71. The summed E-state index contributed by atoms with van der Waals surface area (Å²) >= 11 is 5.05. The number of benzene rings is 1. The van der Waals surface area contributed by atoms with Crippen LogP contribution in [-0.4, -0.2) is 17.6 Å². The lowest BCUT2D eigenvalue weighted by Gasteiger charge is -2.32. The Bertz CT molecular complexity index is 443. The van der Waals surface area contributed by atoms with Crippen molar-refractivity contribution >= 4 is 11.6 Å². The van der Waals surface area contributed by atoms with Gasteiger partial charge < -0.3 is 9.84 Å². The first-order valence-electron chi connectivity index (χ1n) is 5.31. The molecule has 0 amide bonds. The Kier molecular flexibility index (Phi) is 4.35. The van der Waals surface area contributed by atoms with Gasteiger partial charge in [-0.1, -0.05) is 17.7 Å². The van der Waals surface area contributed by atoms with Crippen molar-refractivity contribution in [2.75, 3.05) is 7.11 Å². The van der Waals surface area contributed by atoms with E-state index in [1.165, 1.54) is 25.3 Å². The SMILES string of the molecule is C=CCC(O)(c1cc(C)ccc1OC)C(F)(F)Cl. The maximum atomic E-state index is 13.5. The summed E-state index contributed by atoms with van der Waals surface area (Å²) in [6.45, 7) is 5.10. The maximum absolute atomic E-state index is 13.5. The van der Waals surface area contributed by atoms with Gasteiger partial charge in [0.25, 0.3) is 0 Å². The quantitative estimate of drug-likeness (QED) is 0.658. The maximum Gasteiger partial charge on any atom is 0.354 e. The number of aryl methyl sites for hydroxylation is 1. The monoisotopic (exact) mass is 276 g/mol. The second-order valence-corrected chi connectivity index (χ2v) is 4.53. The van der Waals surface area contributed by atoms with Crippen molar-refractivity contribution in [1.82, 2.24) is 0 Å². The summed E-state index contributed by atoms with van der Waals surface area (Å²) in [4.78, 5) is 0. The zero-order valence-electron chi connectivity index (χ0n) is 10.2. The minimum Gasteiger partial charge on any atom is -0.496 e. The van der Waals surface area contributed by atoms with Crippen LogP contribution in [-0.2, 0) is 5.60 Å². The lowest BCUT2D eigenvalue weighted by Crippen LogP contribution is -2.41. The summed E-state index contributed by atoms with van der Waals surface area (Å²) in [7, 11) is 1.34. The molecule has 1 unspecified atom stereocenters. The number of halogens is 3. The number of hydrogen-bond acceptors (Lipinski definition) is 2. The van der Waals surface area contributed by atoms with Crippen LogP contribution in [0.2, 0.25) is 0 Å². The highest BCUT2D eigenvalue weighted by Crippen LogP contribution is 2.46. The van der Waals surface area contributed by atoms with Crippen LogP contribution in [0.5, 0.6) is 5.75 Å². The van der Waals surface area contributed by atoms with E-state index in [1.54, 1.807) is 13.0 Å². The van der Waals surface area contributed by atoms with Crippen LogP contribution < -0.4 is 4.74 Å². The van der Waals surface area contributed by atoms with Gasteiger partial charge in [-0.3, -0.25) is 0 Å². The number of hydrogen-bond donors (Lipinski definition) is 1. The molecule has 1 aromatic carbocycles. The van der Waals surface area contributed by atoms with Crippen molar-refractivity contribution in [3.8, 4) is 5.75 Å². The van der Waals surface area contributed by atoms with Crippen LogP contribution in [0, 0.1) is 6.92 Å². The van der Waals surface area contributed by atoms with E-state index >= 15 is 0 Å². The normalized spacial score (nSPS) is 15.0. The molecular weight excluding hydrogens is 262 g/mol. The van der Waals surface area contributed by atoms with Gasteiger partial charge >= 0.3 is 5.38 Å². The molecule has 1 N–H and O–H groups in total. The fourth-order valence-corrected chi connectivity index (χ4v) is 1.91. The lowest BCUT2D eigenvalue weighted by atomic mass is 9.88. The Balaban J connectivity index is 3.47. The highest BCUT2D eigenvalue weighted by molar-refractivity contribution is 6.22. The van der Waals surface area contributed by atoms with Crippen molar-refractivity contribution in [3.63, 3.8) is 0 Å². The molecule has 1 aromatic rings. The zero-order chi connectivity index (χ0) is 14.0. The molecule has 100 valence electrons. The van der Waals surface area contributed by atoms with E-state index in [9.17, 15) is 13.9 Å². The number of alkyl halides is 3. The van der Waals surface area contributed by atoms with Gasteiger partial charge in [0.15, 0.2) is 5.60 Å². The van der Waals surface area contributed by atoms with E-state index in [-0.39, 0.29) is 17.7 Å². The van der Waals surface area contributed by atoms with E-state index in [0.29, 0.717) is 5.56 Å². The van der Waals surface area contributed by atoms with Crippen LogP contribution in [0.15, 0.2) is 30.9 Å². The average Bonchev–Trinajstić information content (AvgIpc) is 2.27. The predicted molar refractivity (Wildman–Crippen MR) is 67.2 cm³/mol. The fourth-order valence-electron chi connectivity index (χ4n) is 1.73. The highest BCUT2D eigenvalue weighted by atomic mass is 35.5. The molecule has 1 atom stereocenters. The van der Waals surface area contributed by atoms with Crippen LogP contribution in [0.25, 0.3) is 0 Å². The zero-order valence-corrected chi connectivity index (χ0v) is 11.0. The van der Waals surface area contributed by atoms with E-state index in [2.05, 4.69) is 6.58 Å². The van der Waals surface area contributed by atoms with Crippen molar-refractivity contribution in [2.45, 2.75) is 24.3 Å². The first-order valence-corrected chi connectivity index (χ1v) is 5.69. The Morgan fingerprint density at radius 2 is 2.11 bits per heavy atom. The molecule has 0 aliphatic carbocycles. The van der Waals surface area contributed by atoms with Crippen molar-refractivity contribution in [2.24, 2.45) is 0 Å². The summed E-state index contributed by atoms with van der Waals surface area (Å²) in [5.41, 5.74) is -1.88. The van der Waals surface area contributed by atoms with E-state index < -0.39 is 11.0 Å². The van der Waals surface area contributed by atoms with Gasteiger partial charge in [0.2, 0.25) is 0 Å². The fraction of sp³-hybridized carbons (Fsp3) is 0.385. The molecule has 0 bridgehead atoms. The van der Waals surface area contributed by atoms with Gasteiger partial charge in [-0.2, -0.15) is 8.78 Å². The molecule has 0 aromatic heterocycles. The van der Waals surface area contributed by atoms with Gasteiger partial charge in [-0.05, 0) is 30.7 Å². The smallest absolute Gasteiger partial charge is 0.354 e. The molecule has 0 aliphatic rings. The third-order valence-corrected chi connectivity index (χ3v) is 3.02. The van der Waals surface area contributed by atoms with Gasteiger partial charge in [0.05, 0.1) is 7.11 Å². The third kappa shape index (κ3) is 2.65. The number of aliphatic hydroxyl groups is 1. The minimum atomic E-state index is -3.83. The van der Waals surface area contributed by atoms with Gasteiger partial charge in [0, 0.05) is 12.0 Å². The van der Waals surface area contributed by atoms with E-state index in [0.717, 1.165) is 0 Å². The molecule has 0 radical (unpaired) electrons. The van der Waals surface area contributed by atoms with E-state index in [4.69, 9.17) is 16.3 Å². The second-order valence-electron chi connectivity index (χ2n) is 4.05. The minimum absolute atomic E-state index is 0.0510. The second kappa shape index (κ2) is 5.24. The highest BCUT2D eigenvalue weighted by Gasteiger charge is 2.53. The summed E-state index contributed by atoms with van der Waals surface area (Å²) in [6, 6.07) is 4.64. The van der Waals surface area contributed by atoms with Gasteiger partial charge in [0.1, 0.15) is 5.75 Å². The molecule has 0 fully saturated rings. The molecule has 18 heavy (non-hydrogen) atoms. The summed E-state index contributed by atoms with van der Waals surface area (Å²) in [5, 5.41) is 6.39. The van der Waals surface area contributed by atoms with Crippen LogP contribution in [0.1, 0.15) is 17.5 Å². The molecule has 0 aliphatic heterocycles. The van der Waals surface area contributed by atoms with Crippen LogP contribution in [0.3, 0.4) is 0 Å². The largest absolute Gasteiger partial charge is 0.496 e. The first-order chi connectivity index (χ1) is 8.26. The molecule has 0 spiro atoms. The lowest BCUT2D eigenvalue weighted by molar-refractivity contribution is -0.131. The summed E-state index contributed by atoms with van der Waals surface area (Å²) in [6.07, 6.45) is 0.807. The Morgan fingerprint density at radius 1 is 1.50 bits per heavy atom. The van der Waals surface area contributed by atoms with Crippen LogP contribution in [0.4, 0.5) is 8.78 Å². The summed E-state index contributed by atoms with van der Waals surface area (Å²) in [5.74, 6) is 0.158. The van der Waals surface area contributed by atoms with Gasteiger partial charge in [-0.25, -0.2) is 0 Å². The Labute approximate surface area is 110 Å². The molecule has 0 saturated carbocycles. The topological polar surface area (TPSA) is 29.5 Å². The molecular formula is C13H15ClF2O2. The number of methoxy groups -OCH3 is 1. The number of ether oxygens (including phenoxy) is 1. The summed E-state index contributed by atoms with van der Waals surface area (Å²) < 4.78 is 32.0. The average molecular weight is 277 g/mol. The molecule has 0 heterocycles. The van der Waals surface area contributed by atoms with Crippen molar-refractivity contribution in [3.05, 3.63) is 42.0 Å². The van der Waals surface area contributed by atoms with Crippen molar-refractivity contribution in [1.29, 1.82) is 0 Å². The molecule has 2 nitrogen and oxygen atoms in total. The Morgan fingerprint density at radius 3 is 2.56 bits per heavy atom. The predicted octanol–water partition coefficient (Wildman–Crippen LogP) is 3.60.